The molecule has 1 saturated heterocycles. The molecule has 0 aromatic heterocycles. The van der Waals surface area contributed by atoms with Crippen molar-refractivity contribution in [2.24, 2.45) is 0 Å². The molecule has 4 aromatic carbocycles. The zero-order valence-electron chi connectivity index (χ0n) is 20.9. The van der Waals surface area contributed by atoms with Crippen LogP contribution in [-0.4, -0.2) is 48.0 Å². The fourth-order valence-corrected chi connectivity index (χ4v) is 5.05. The number of amides is 2. The largest absolute Gasteiger partial charge is 0.368 e. The van der Waals surface area contributed by atoms with Gasteiger partial charge in [0.2, 0.25) is 0 Å². The van der Waals surface area contributed by atoms with E-state index in [0.717, 1.165) is 46.4 Å². The SMILES string of the molecule is Cc1ccc(C(=O)N2CCN(c3ccc(NC(=S)NC(=O)c4cccc5c(Cl)cccc45)cc3)CC2)cc1. The number of carbonyl (C=O) groups is 2. The molecule has 0 atom stereocenters. The summed E-state index contributed by atoms with van der Waals surface area (Å²) in [4.78, 5) is 29.9. The predicted octanol–water partition coefficient (Wildman–Crippen LogP) is 5.89. The zero-order chi connectivity index (χ0) is 26.6. The van der Waals surface area contributed by atoms with E-state index < -0.39 is 0 Å². The van der Waals surface area contributed by atoms with Crippen LogP contribution < -0.4 is 15.5 Å². The van der Waals surface area contributed by atoms with Crippen LogP contribution in [-0.2, 0) is 0 Å². The van der Waals surface area contributed by atoms with E-state index in [0.29, 0.717) is 23.7 Å². The summed E-state index contributed by atoms with van der Waals surface area (Å²) in [7, 11) is 0. The molecule has 0 bridgehead atoms. The lowest BCUT2D eigenvalue weighted by atomic mass is 10.0. The summed E-state index contributed by atoms with van der Waals surface area (Å²) < 4.78 is 0. The van der Waals surface area contributed by atoms with Crippen molar-refractivity contribution < 1.29 is 9.59 Å². The number of nitrogens with zero attached hydrogens (tertiary/aromatic N) is 2. The van der Waals surface area contributed by atoms with Gasteiger partial charge in [-0.2, -0.15) is 0 Å². The molecule has 0 unspecified atom stereocenters. The number of benzene rings is 4. The van der Waals surface area contributed by atoms with Gasteiger partial charge < -0.3 is 15.1 Å². The van der Waals surface area contributed by atoms with Crippen molar-refractivity contribution in [2.75, 3.05) is 36.4 Å². The maximum Gasteiger partial charge on any atom is 0.258 e. The van der Waals surface area contributed by atoms with E-state index in [-0.39, 0.29) is 16.9 Å². The third-order valence-corrected chi connectivity index (χ3v) is 7.23. The van der Waals surface area contributed by atoms with E-state index in [2.05, 4.69) is 15.5 Å². The van der Waals surface area contributed by atoms with E-state index in [9.17, 15) is 9.59 Å². The van der Waals surface area contributed by atoms with Gasteiger partial charge in [0.1, 0.15) is 0 Å². The van der Waals surface area contributed by atoms with E-state index in [1.807, 2.05) is 78.6 Å². The molecule has 5 rings (SSSR count). The Morgan fingerprint density at radius 2 is 1.47 bits per heavy atom. The van der Waals surface area contributed by atoms with Crippen LogP contribution in [0, 0.1) is 6.92 Å². The Balaban J connectivity index is 1.15. The Bertz CT molecular complexity index is 1500. The third kappa shape index (κ3) is 5.64. The minimum atomic E-state index is -0.301. The van der Waals surface area contributed by atoms with Crippen molar-refractivity contribution in [1.82, 2.24) is 10.2 Å². The second-order valence-electron chi connectivity index (χ2n) is 9.24. The Morgan fingerprint density at radius 1 is 0.816 bits per heavy atom. The average molecular weight is 543 g/mol. The third-order valence-electron chi connectivity index (χ3n) is 6.70. The molecule has 2 N–H and O–H groups in total. The zero-order valence-corrected chi connectivity index (χ0v) is 22.5. The summed E-state index contributed by atoms with van der Waals surface area (Å²) >= 11 is 11.7. The standard InChI is InChI=1S/C30H27ClN4O2S/c1-20-8-10-21(11-9-20)29(37)35-18-16-34(17-19-35)23-14-12-22(13-15-23)32-30(38)33-28(36)26-6-2-5-25-24(26)4-3-7-27(25)31/h2-15H,16-19H2,1H3,(H2,32,33,36,38). The van der Waals surface area contributed by atoms with Gasteiger partial charge in [-0.3, -0.25) is 14.9 Å². The molecule has 0 saturated carbocycles. The van der Waals surface area contributed by atoms with Gasteiger partial charge in [0.05, 0.1) is 0 Å². The van der Waals surface area contributed by atoms with Gasteiger partial charge in [0, 0.05) is 59.1 Å². The minimum absolute atomic E-state index is 0.0753. The summed E-state index contributed by atoms with van der Waals surface area (Å²) in [5, 5.41) is 8.23. The van der Waals surface area contributed by atoms with Crippen LogP contribution in [0.25, 0.3) is 10.8 Å². The smallest absolute Gasteiger partial charge is 0.258 e. The molecular formula is C30H27ClN4O2S. The lowest BCUT2D eigenvalue weighted by molar-refractivity contribution is 0.0746. The van der Waals surface area contributed by atoms with Crippen molar-refractivity contribution >= 4 is 62.9 Å². The monoisotopic (exact) mass is 542 g/mol. The molecule has 1 aliphatic rings. The van der Waals surface area contributed by atoms with Gasteiger partial charge in [0.15, 0.2) is 5.11 Å². The molecule has 1 heterocycles. The number of aryl methyl sites for hydroxylation is 1. The van der Waals surface area contributed by atoms with Crippen molar-refractivity contribution in [1.29, 1.82) is 0 Å². The average Bonchev–Trinajstić information content (AvgIpc) is 2.93. The fourth-order valence-electron chi connectivity index (χ4n) is 4.60. The number of hydrogen-bond acceptors (Lipinski definition) is 4. The number of anilines is 2. The van der Waals surface area contributed by atoms with Crippen LogP contribution in [0.3, 0.4) is 0 Å². The Hall–Kier alpha value is -3.94. The maximum atomic E-state index is 12.9. The number of carbonyl (C=O) groups excluding carboxylic acids is 2. The van der Waals surface area contributed by atoms with Crippen LogP contribution in [0.4, 0.5) is 11.4 Å². The molecule has 1 aliphatic heterocycles. The Kier molecular flexibility index (Phi) is 7.58. The minimum Gasteiger partial charge on any atom is -0.368 e. The number of hydrogen-bond donors (Lipinski definition) is 2. The molecule has 1 fully saturated rings. The van der Waals surface area contributed by atoms with E-state index >= 15 is 0 Å². The van der Waals surface area contributed by atoms with Gasteiger partial charge in [-0.05, 0) is 73.1 Å². The molecule has 6 nitrogen and oxygen atoms in total. The van der Waals surface area contributed by atoms with Crippen LogP contribution >= 0.6 is 23.8 Å². The molecule has 38 heavy (non-hydrogen) atoms. The van der Waals surface area contributed by atoms with Gasteiger partial charge in [-0.1, -0.05) is 53.6 Å². The molecule has 0 spiro atoms. The topological polar surface area (TPSA) is 64.7 Å². The lowest BCUT2D eigenvalue weighted by Crippen LogP contribution is -2.48. The van der Waals surface area contributed by atoms with Gasteiger partial charge in [0.25, 0.3) is 11.8 Å². The summed E-state index contributed by atoms with van der Waals surface area (Å²) in [6.07, 6.45) is 0. The van der Waals surface area contributed by atoms with Crippen molar-refractivity contribution in [3.8, 4) is 0 Å². The summed E-state index contributed by atoms with van der Waals surface area (Å²) in [5.74, 6) is -0.226. The lowest BCUT2D eigenvalue weighted by Gasteiger charge is -2.36. The summed E-state index contributed by atoms with van der Waals surface area (Å²) in [6, 6.07) is 26.5. The molecule has 0 radical (unpaired) electrons. The quantitative estimate of drug-likeness (QED) is 0.315. The highest BCUT2D eigenvalue weighted by Gasteiger charge is 2.22. The summed E-state index contributed by atoms with van der Waals surface area (Å²) in [6.45, 7) is 4.87. The first-order valence-corrected chi connectivity index (χ1v) is 13.2. The molecule has 2 amide bonds. The second-order valence-corrected chi connectivity index (χ2v) is 10.1. The molecule has 8 heteroatoms. The van der Waals surface area contributed by atoms with E-state index in [1.54, 1.807) is 18.2 Å². The molecule has 192 valence electrons. The number of thiocarbonyl (C=S) groups is 1. The van der Waals surface area contributed by atoms with Gasteiger partial charge >= 0.3 is 0 Å². The van der Waals surface area contributed by atoms with Crippen LogP contribution in [0.1, 0.15) is 26.3 Å². The highest BCUT2D eigenvalue weighted by Crippen LogP contribution is 2.26. The van der Waals surface area contributed by atoms with Crippen molar-refractivity contribution in [3.05, 3.63) is 107 Å². The van der Waals surface area contributed by atoms with Gasteiger partial charge in [-0.15, -0.1) is 0 Å². The molecular weight excluding hydrogens is 516 g/mol. The fraction of sp³-hybridized carbons (Fsp3) is 0.167. The van der Waals surface area contributed by atoms with Crippen LogP contribution in [0.5, 0.6) is 0 Å². The number of fused-ring (bicyclic) bond motifs is 1. The van der Waals surface area contributed by atoms with Gasteiger partial charge in [-0.25, -0.2) is 0 Å². The molecule has 4 aromatic rings. The number of rotatable bonds is 4. The Morgan fingerprint density at radius 3 is 2.18 bits per heavy atom. The van der Waals surface area contributed by atoms with E-state index in [4.69, 9.17) is 23.8 Å². The number of nitrogens with one attached hydrogen (secondary N) is 2. The highest BCUT2D eigenvalue weighted by molar-refractivity contribution is 7.80. The predicted molar refractivity (Wildman–Crippen MR) is 158 cm³/mol. The normalized spacial score (nSPS) is 13.3. The highest BCUT2D eigenvalue weighted by atomic mass is 35.5. The first-order valence-electron chi connectivity index (χ1n) is 12.4. The first-order chi connectivity index (χ1) is 18.4. The number of halogens is 1. The molecule has 0 aliphatic carbocycles. The first kappa shape index (κ1) is 25.7. The summed E-state index contributed by atoms with van der Waals surface area (Å²) in [5.41, 5.74) is 4.22. The second kappa shape index (κ2) is 11.2. The van der Waals surface area contributed by atoms with Crippen molar-refractivity contribution in [2.45, 2.75) is 6.92 Å². The Labute approximate surface area is 232 Å². The maximum absolute atomic E-state index is 12.9. The van der Waals surface area contributed by atoms with E-state index in [1.165, 1.54) is 0 Å². The van der Waals surface area contributed by atoms with Crippen molar-refractivity contribution in [3.63, 3.8) is 0 Å². The van der Waals surface area contributed by atoms with Crippen LogP contribution in [0.2, 0.25) is 5.02 Å². The number of piperazine rings is 1. The van der Waals surface area contributed by atoms with Crippen LogP contribution in [0.15, 0.2) is 84.9 Å².